The number of benzene rings is 2. The highest BCUT2D eigenvalue weighted by Gasteiger charge is 2.20. The summed E-state index contributed by atoms with van der Waals surface area (Å²) in [5, 5.41) is 11.0. The summed E-state index contributed by atoms with van der Waals surface area (Å²) in [6.07, 6.45) is 0. The monoisotopic (exact) mass is 425 g/mol. The van der Waals surface area contributed by atoms with Gasteiger partial charge in [0.15, 0.2) is 0 Å². The minimum atomic E-state index is -0.424. The molecule has 0 radical (unpaired) electrons. The molecule has 0 aliphatic carbocycles. The van der Waals surface area contributed by atoms with E-state index in [4.69, 9.17) is 9.15 Å². The average molecular weight is 426 g/mol. The Morgan fingerprint density at radius 3 is 2.47 bits per heavy atom. The fourth-order valence-electron chi connectivity index (χ4n) is 2.85. The number of nitrogens with one attached hydrogen (secondary N) is 1. The van der Waals surface area contributed by atoms with E-state index in [2.05, 4.69) is 48.4 Å². The molecule has 1 unspecified atom stereocenters. The molecule has 0 aliphatic heterocycles. The lowest BCUT2D eigenvalue weighted by Gasteiger charge is -2.18. The highest BCUT2D eigenvalue weighted by atomic mass is 32.2. The summed E-state index contributed by atoms with van der Waals surface area (Å²) in [4.78, 5) is 12.6. The molecule has 1 heterocycles. The van der Waals surface area contributed by atoms with E-state index in [9.17, 15) is 4.79 Å². The number of methoxy groups -OCH3 is 1. The quantitative estimate of drug-likeness (QED) is 0.528. The Labute approximate surface area is 181 Å². The first-order valence-electron chi connectivity index (χ1n) is 9.74. The molecule has 2 aromatic carbocycles. The third-order valence-corrected chi connectivity index (χ3v) is 5.60. The molecule has 1 atom stereocenters. The molecule has 3 rings (SSSR count). The SMILES string of the molecule is COc1ccc(C)cc1NC(=O)C(C)Sc1nnc(-c2ccc(C(C)(C)C)cc2)o1. The van der Waals surface area contributed by atoms with Gasteiger partial charge in [-0.15, -0.1) is 10.2 Å². The predicted molar refractivity (Wildman–Crippen MR) is 120 cm³/mol. The van der Waals surface area contributed by atoms with Gasteiger partial charge < -0.3 is 14.5 Å². The van der Waals surface area contributed by atoms with Gasteiger partial charge in [-0.25, -0.2) is 0 Å². The standard InChI is InChI=1S/C23H27N3O3S/c1-14-7-12-19(28-6)18(13-14)24-20(27)15(2)30-22-26-25-21(29-22)16-8-10-17(11-9-16)23(3,4)5/h7-13,15H,1-6H3,(H,24,27). The molecular formula is C23H27N3O3S. The van der Waals surface area contributed by atoms with Crippen LogP contribution in [0.25, 0.3) is 11.5 Å². The zero-order valence-corrected chi connectivity index (χ0v) is 19.0. The van der Waals surface area contributed by atoms with Crippen molar-refractivity contribution < 1.29 is 13.9 Å². The highest BCUT2D eigenvalue weighted by Crippen LogP contribution is 2.30. The van der Waals surface area contributed by atoms with Crippen molar-refractivity contribution in [2.24, 2.45) is 0 Å². The molecule has 1 amide bonds. The Morgan fingerprint density at radius 1 is 1.13 bits per heavy atom. The van der Waals surface area contributed by atoms with Gasteiger partial charge in [0, 0.05) is 5.56 Å². The van der Waals surface area contributed by atoms with E-state index in [0.29, 0.717) is 22.6 Å². The number of hydrogen-bond acceptors (Lipinski definition) is 6. The average Bonchev–Trinajstić information content (AvgIpc) is 3.16. The van der Waals surface area contributed by atoms with E-state index in [0.717, 1.165) is 11.1 Å². The van der Waals surface area contributed by atoms with Crippen molar-refractivity contribution in [1.29, 1.82) is 0 Å². The summed E-state index contributed by atoms with van der Waals surface area (Å²) < 4.78 is 11.1. The van der Waals surface area contributed by atoms with Gasteiger partial charge in [0.25, 0.3) is 5.22 Å². The van der Waals surface area contributed by atoms with Gasteiger partial charge in [-0.3, -0.25) is 4.79 Å². The van der Waals surface area contributed by atoms with Crippen LogP contribution in [0.15, 0.2) is 52.1 Å². The van der Waals surface area contributed by atoms with Crippen LogP contribution in [0.4, 0.5) is 5.69 Å². The van der Waals surface area contributed by atoms with Crippen LogP contribution in [0, 0.1) is 6.92 Å². The smallest absolute Gasteiger partial charge is 0.277 e. The van der Waals surface area contributed by atoms with E-state index < -0.39 is 5.25 Å². The fraction of sp³-hybridized carbons (Fsp3) is 0.348. The van der Waals surface area contributed by atoms with Crippen LogP contribution in [0.1, 0.15) is 38.8 Å². The first-order chi connectivity index (χ1) is 14.2. The zero-order chi connectivity index (χ0) is 21.9. The Bertz CT molecular complexity index is 1020. The van der Waals surface area contributed by atoms with Gasteiger partial charge in [-0.2, -0.15) is 0 Å². The van der Waals surface area contributed by atoms with E-state index in [1.807, 2.05) is 37.3 Å². The summed E-state index contributed by atoms with van der Waals surface area (Å²) in [6, 6.07) is 13.7. The molecule has 1 aromatic heterocycles. The van der Waals surface area contributed by atoms with Crippen molar-refractivity contribution in [1.82, 2.24) is 10.2 Å². The number of hydrogen-bond donors (Lipinski definition) is 1. The second-order valence-electron chi connectivity index (χ2n) is 8.15. The first-order valence-corrected chi connectivity index (χ1v) is 10.6. The summed E-state index contributed by atoms with van der Waals surface area (Å²) in [5.41, 5.74) is 3.84. The highest BCUT2D eigenvalue weighted by molar-refractivity contribution is 8.00. The van der Waals surface area contributed by atoms with Crippen LogP contribution in [-0.4, -0.2) is 28.5 Å². The zero-order valence-electron chi connectivity index (χ0n) is 18.1. The maximum absolute atomic E-state index is 12.6. The van der Waals surface area contributed by atoms with Crippen molar-refractivity contribution in [3.8, 4) is 17.2 Å². The number of thioether (sulfide) groups is 1. The lowest BCUT2D eigenvalue weighted by molar-refractivity contribution is -0.115. The number of anilines is 1. The van der Waals surface area contributed by atoms with Crippen LogP contribution < -0.4 is 10.1 Å². The van der Waals surface area contributed by atoms with E-state index in [1.54, 1.807) is 14.0 Å². The molecule has 3 aromatic rings. The van der Waals surface area contributed by atoms with Crippen LogP contribution in [0.2, 0.25) is 0 Å². The molecule has 0 saturated heterocycles. The molecule has 6 nitrogen and oxygen atoms in total. The van der Waals surface area contributed by atoms with E-state index >= 15 is 0 Å². The second-order valence-corrected chi connectivity index (χ2v) is 9.45. The van der Waals surface area contributed by atoms with Crippen LogP contribution in [0.3, 0.4) is 0 Å². The number of aryl methyl sites for hydroxylation is 1. The largest absolute Gasteiger partial charge is 0.495 e. The van der Waals surface area contributed by atoms with Crippen LogP contribution in [0.5, 0.6) is 5.75 Å². The minimum Gasteiger partial charge on any atom is -0.495 e. The maximum Gasteiger partial charge on any atom is 0.277 e. The molecule has 0 spiro atoms. The number of rotatable bonds is 6. The third kappa shape index (κ3) is 5.21. The molecule has 30 heavy (non-hydrogen) atoms. The van der Waals surface area contributed by atoms with E-state index in [1.165, 1.54) is 17.3 Å². The topological polar surface area (TPSA) is 77.2 Å². The van der Waals surface area contributed by atoms with Crippen molar-refractivity contribution in [3.63, 3.8) is 0 Å². The Kier molecular flexibility index (Phi) is 6.51. The van der Waals surface area contributed by atoms with Crippen LogP contribution in [-0.2, 0) is 10.2 Å². The molecule has 0 fully saturated rings. The Balaban J connectivity index is 1.67. The molecule has 0 aliphatic rings. The summed E-state index contributed by atoms with van der Waals surface area (Å²) in [5.74, 6) is 0.883. The summed E-state index contributed by atoms with van der Waals surface area (Å²) in [7, 11) is 1.58. The summed E-state index contributed by atoms with van der Waals surface area (Å²) in [6.45, 7) is 10.3. The molecule has 1 N–H and O–H groups in total. The van der Waals surface area contributed by atoms with Gasteiger partial charge in [-0.1, -0.05) is 50.7 Å². The van der Waals surface area contributed by atoms with Gasteiger partial charge in [-0.05, 0) is 54.7 Å². The molecule has 7 heteroatoms. The van der Waals surface area contributed by atoms with Gasteiger partial charge in [0.1, 0.15) is 5.75 Å². The number of nitrogens with zero attached hydrogens (tertiary/aromatic N) is 2. The fourth-order valence-corrected chi connectivity index (χ4v) is 3.53. The predicted octanol–water partition coefficient (Wildman–Crippen LogP) is 5.47. The molecule has 0 bridgehead atoms. The Morgan fingerprint density at radius 2 is 1.83 bits per heavy atom. The van der Waals surface area contributed by atoms with Crippen molar-refractivity contribution in [3.05, 3.63) is 53.6 Å². The Hall–Kier alpha value is -2.80. The lowest BCUT2D eigenvalue weighted by atomic mass is 9.87. The number of ether oxygens (including phenoxy) is 1. The van der Waals surface area contributed by atoms with E-state index in [-0.39, 0.29) is 11.3 Å². The van der Waals surface area contributed by atoms with Gasteiger partial charge >= 0.3 is 0 Å². The minimum absolute atomic E-state index is 0.0805. The van der Waals surface area contributed by atoms with Gasteiger partial charge in [0.2, 0.25) is 11.8 Å². The van der Waals surface area contributed by atoms with Crippen molar-refractivity contribution >= 4 is 23.4 Å². The summed E-state index contributed by atoms with van der Waals surface area (Å²) >= 11 is 1.22. The second kappa shape index (κ2) is 8.92. The molecule has 158 valence electrons. The number of carbonyl (C=O) groups excluding carboxylic acids is 1. The molecular weight excluding hydrogens is 398 g/mol. The third-order valence-electron chi connectivity index (χ3n) is 4.66. The van der Waals surface area contributed by atoms with Crippen LogP contribution >= 0.6 is 11.8 Å². The van der Waals surface area contributed by atoms with Gasteiger partial charge in [0.05, 0.1) is 18.0 Å². The first kappa shape index (κ1) is 21.9. The lowest BCUT2D eigenvalue weighted by Crippen LogP contribution is -2.22. The van der Waals surface area contributed by atoms with Crippen molar-refractivity contribution in [2.45, 2.75) is 50.5 Å². The normalized spacial score (nSPS) is 12.5. The molecule has 0 saturated carbocycles. The maximum atomic E-state index is 12.6. The number of amides is 1. The van der Waals surface area contributed by atoms with Crippen molar-refractivity contribution in [2.75, 3.05) is 12.4 Å². The number of carbonyl (C=O) groups is 1. The number of aromatic nitrogens is 2.